The smallest absolute Gasteiger partial charge is 0.110 e. The van der Waals surface area contributed by atoms with E-state index in [0.717, 1.165) is 29.3 Å². The molecule has 82 valence electrons. The van der Waals surface area contributed by atoms with E-state index in [1.165, 1.54) is 5.56 Å². The van der Waals surface area contributed by atoms with Gasteiger partial charge in [0, 0.05) is 23.6 Å². The monoisotopic (exact) mass is 233 g/mol. The van der Waals surface area contributed by atoms with Crippen molar-refractivity contribution in [3.63, 3.8) is 0 Å². The summed E-state index contributed by atoms with van der Waals surface area (Å²) in [5, 5.41) is 4.27. The Balaban J connectivity index is 2.08. The Kier molecular flexibility index (Phi) is 2.46. The molecule has 0 fully saturated rings. The molecule has 3 heteroatoms. The normalized spacial score (nSPS) is 19.4. The molecule has 1 N–H and O–H groups in total. The van der Waals surface area contributed by atoms with Gasteiger partial charge in [-0.2, -0.15) is 0 Å². The van der Waals surface area contributed by atoms with Crippen molar-refractivity contribution in [1.29, 1.82) is 0 Å². The molecule has 0 amide bonds. The predicted octanol–water partition coefficient (Wildman–Crippen LogP) is 3.17. The molecule has 0 radical (unpaired) electrons. The van der Waals surface area contributed by atoms with E-state index in [1.54, 1.807) is 6.26 Å². The average molecular weight is 234 g/mol. The number of halogens is 1. The van der Waals surface area contributed by atoms with Gasteiger partial charge in [-0.05, 0) is 17.7 Å². The van der Waals surface area contributed by atoms with Crippen molar-refractivity contribution in [2.45, 2.75) is 12.5 Å². The summed E-state index contributed by atoms with van der Waals surface area (Å²) in [6, 6.07) is 10.1. The van der Waals surface area contributed by atoms with E-state index in [1.807, 2.05) is 24.3 Å². The molecular weight excluding hydrogens is 222 g/mol. The third-order valence-corrected chi connectivity index (χ3v) is 3.35. The zero-order chi connectivity index (χ0) is 11.0. The van der Waals surface area contributed by atoms with Crippen LogP contribution in [0.2, 0.25) is 5.02 Å². The summed E-state index contributed by atoms with van der Waals surface area (Å²) in [4.78, 5) is 0. The van der Waals surface area contributed by atoms with Crippen molar-refractivity contribution in [3.8, 4) is 0 Å². The zero-order valence-corrected chi connectivity index (χ0v) is 9.50. The molecule has 1 unspecified atom stereocenters. The molecule has 0 aliphatic carbocycles. The van der Waals surface area contributed by atoms with Gasteiger partial charge in [-0.15, -0.1) is 0 Å². The quantitative estimate of drug-likeness (QED) is 0.819. The maximum absolute atomic E-state index is 6.22. The zero-order valence-electron chi connectivity index (χ0n) is 8.74. The van der Waals surface area contributed by atoms with Gasteiger partial charge >= 0.3 is 0 Å². The summed E-state index contributed by atoms with van der Waals surface area (Å²) in [5.74, 6) is 1.07. The Morgan fingerprint density at radius 3 is 2.94 bits per heavy atom. The molecule has 2 heterocycles. The van der Waals surface area contributed by atoms with Crippen molar-refractivity contribution in [2.75, 3.05) is 6.54 Å². The standard InChI is InChI=1S/C13H12ClNO/c14-11-4-2-1-3-9(11)13-10-6-8-16-12(10)5-7-15-13/h1-4,6,8,13,15H,5,7H2. The minimum Gasteiger partial charge on any atom is -0.469 e. The molecule has 1 aromatic carbocycles. The first-order chi connectivity index (χ1) is 7.86. The fourth-order valence-electron chi connectivity index (χ4n) is 2.24. The summed E-state index contributed by atoms with van der Waals surface area (Å²) in [7, 11) is 0. The average Bonchev–Trinajstić information content (AvgIpc) is 2.77. The second-order valence-electron chi connectivity index (χ2n) is 3.96. The van der Waals surface area contributed by atoms with Crippen LogP contribution in [0.5, 0.6) is 0 Å². The van der Waals surface area contributed by atoms with Crippen molar-refractivity contribution < 1.29 is 4.42 Å². The van der Waals surface area contributed by atoms with E-state index in [4.69, 9.17) is 16.0 Å². The second-order valence-corrected chi connectivity index (χ2v) is 4.36. The molecule has 1 aliphatic rings. The van der Waals surface area contributed by atoms with Gasteiger partial charge in [0.1, 0.15) is 5.76 Å². The minimum absolute atomic E-state index is 0.163. The van der Waals surface area contributed by atoms with Gasteiger partial charge in [0.15, 0.2) is 0 Å². The van der Waals surface area contributed by atoms with E-state index in [-0.39, 0.29) is 6.04 Å². The van der Waals surface area contributed by atoms with Gasteiger partial charge in [0.2, 0.25) is 0 Å². The third kappa shape index (κ3) is 1.55. The van der Waals surface area contributed by atoms with E-state index in [2.05, 4.69) is 11.4 Å². The first-order valence-corrected chi connectivity index (χ1v) is 5.78. The number of benzene rings is 1. The first-order valence-electron chi connectivity index (χ1n) is 5.40. The summed E-state index contributed by atoms with van der Waals surface area (Å²) in [6.07, 6.45) is 2.70. The van der Waals surface area contributed by atoms with E-state index >= 15 is 0 Å². The number of nitrogens with one attached hydrogen (secondary N) is 1. The Labute approximate surface area is 99.2 Å². The number of fused-ring (bicyclic) bond motifs is 1. The predicted molar refractivity (Wildman–Crippen MR) is 63.7 cm³/mol. The molecule has 1 atom stereocenters. The highest BCUT2D eigenvalue weighted by Gasteiger charge is 2.24. The van der Waals surface area contributed by atoms with Crippen LogP contribution in [0, 0.1) is 0 Å². The SMILES string of the molecule is Clc1ccccc1C1NCCc2occc21. The molecule has 0 saturated heterocycles. The lowest BCUT2D eigenvalue weighted by Gasteiger charge is -2.24. The summed E-state index contributed by atoms with van der Waals surface area (Å²) < 4.78 is 5.46. The van der Waals surface area contributed by atoms with Crippen molar-refractivity contribution in [1.82, 2.24) is 5.32 Å². The summed E-state index contributed by atoms with van der Waals surface area (Å²) >= 11 is 6.22. The molecule has 16 heavy (non-hydrogen) atoms. The molecule has 2 nitrogen and oxygen atoms in total. The molecule has 0 spiro atoms. The van der Waals surface area contributed by atoms with Crippen LogP contribution in [0.4, 0.5) is 0 Å². The molecule has 0 saturated carbocycles. The van der Waals surface area contributed by atoms with Gasteiger partial charge in [-0.25, -0.2) is 0 Å². The van der Waals surface area contributed by atoms with Crippen molar-refractivity contribution in [3.05, 3.63) is 58.5 Å². The van der Waals surface area contributed by atoms with Crippen LogP contribution in [0.1, 0.15) is 22.9 Å². The fraction of sp³-hybridized carbons (Fsp3) is 0.231. The molecule has 1 aromatic heterocycles. The van der Waals surface area contributed by atoms with E-state index in [9.17, 15) is 0 Å². The highest BCUT2D eigenvalue weighted by atomic mass is 35.5. The second kappa shape index (κ2) is 3.96. The number of hydrogen-bond acceptors (Lipinski definition) is 2. The maximum Gasteiger partial charge on any atom is 0.110 e. The van der Waals surface area contributed by atoms with Crippen molar-refractivity contribution in [2.24, 2.45) is 0 Å². The van der Waals surface area contributed by atoms with Gasteiger partial charge in [0.25, 0.3) is 0 Å². The molecule has 3 rings (SSSR count). The van der Waals surface area contributed by atoms with Crippen LogP contribution < -0.4 is 5.32 Å². The number of furan rings is 1. The summed E-state index contributed by atoms with van der Waals surface area (Å²) in [5.41, 5.74) is 2.32. The maximum atomic E-state index is 6.22. The van der Waals surface area contributed by atoms with Gasteiger partial charge < -0.3 is 9.73 Å². The van der Waals surface area contributed by atoms with E-state index in [0.29, 0.717) is 0 Å². The Bertz CT molecular complexity index is 506. The van der Waals surface area contributed by atoms with Crippen molar-refractivity contribution >= 4 is 11.6 Å². The highest BCUT2D eigenvalue weighted by molar-refractivity contribution is 6.31. The Morgan fingerprint density at radius 2 is 2.06 bits per heavy atom. The van der Waals surface area contributed by atoms with Crippen LogP contribution in [0.15, 0.2) is 41.0 Å². The number of rotatable bonds is 1. The fourth-order valence-corrected chi connectivity index (χ4v) is 2.48. The van der Waals surface area contributed by atoms with Crippen LogP contribution >= 0.6 is 11.6 Å². The number of hydrogen-bond donors (Lipinski definition) is 1. The Morgan fingerprint density at radius 1 is 1.19 bits per heavy atom. The largest absolute Gasteiger partial charge is 0.469 e. The topological polar surface area (TPSA) is 25.2 Å². The van der Waals surface area contributed by atoms with Gasteiger partial charge in [-0.3, -0.25) is 0 Å². The van der Waals surface area contributed by atoms with Gasteiger partial charge in [0.05, 0.1) is 12.3 Å². The molecular formula is C13H12ClNO. The van der Waals surface area contributed by atoms with Crippen LogP contribution in [-0.2, 0) is 6.42 Å². The highest BCUT2D eigenvalue weighted by Crippen LogP contribution is 2.32. The summed E-state index contributed by atoms with van der Waals surface area (Å²) in [6.45, 7) is 0.927. The lowest BCUT2D eigenvalue weighted by Crippen LogP contribution is -2.29. The Hall–Kier alpha value is -1.25. The minimum atomic E-state index is 0.163. The molecule has 1 aliphatic heterocycles. The van der Waals surface area contributed by atoms with Crippen LogP contribution in [-0.4, -0.2) is 6.54 Å². The molecule has 0 bridgehead atoms. The van der Waals surface area contributed by atoms with Crippen LogP contribution in [0.25, 0.3) is 0 Å². The third-order valence-electron chi connectivity index (χ3n) is 3.01. The lowest BCUT2D eigenvalue weighted by molar-refractivity contribution is 0.456. The molecule has 2 aromatic rings. The lowest BCUT2D eigenvalue weighted by atomic mass is 9.95. The first kappa shape index (κ1) is 9.94. The van der Waals surface area contributed by atoms with E-state index < -0.39 is 0 Å². The van der Waals surface area contributed by atoms with Gasteiger partial charge in [-0.1, -0.05) is 29.8 Å². The van der Waals surface area contributed by atoms with Crippen LogP contribution in [0.3, 0.4) is 0 Å².